The first-order valence-electron chi connectivity index (χ1n) is 8.59. The van der Waals surface area contributed by atoms with Gasteiger partial charge in [0.1, 0.15) is 0 Å². The molecule has 1 aromatic carbocycles. The van der Waals surface area contributed by atoms with E-state index in [0.717, 1.165) is 26.1 Å². The molecule has 122 valence electrons. The van der Waals surface area contributed by atoms with Crippen LogP contribution in [0.25, 0.3) is 0 Å². The second-order valence-electron chi connectivity index (χ2n) is 7.05. The van der Waals surface area contributed by atoms with Gasteiger partial charge < -0.3 is 5.32 Å². The van der Waals surface area contributed by atoms with Crippen LogP contribution in [0, 0.1) is 5.41 Å². The third kappa shape index (κ3) is 4.57. The molecule has 0 bridgehead atoms. The van der Waals surface area contributed by atoms with Crippen LogP contribution in [0.1, 0.15) is 52.0 Å². The first-order valence-corrected chi connectivity index (χ1v) is 8.59. The summed E-state index contributed by atoms with van der Waals surface area (Å²) in [5, 5.41) is 3.18. The molecule has 3 nitrogen and oxygen atoms in total. The van der Waals surface area contributed by atoms with Crippen molar-refractivity contribution in [3.05, 3.63) is 35.9 Å². The lowest BCUT2D eigenvalue weighted by Crippen LogP contribution is -2.48. The number of piperidine rings is 1. The Labute approximate surface area is 135 Å². The highest BCUT2D eigenvalue weighted by Gasteiger charge is 2.28. The van der Waals surface area contributed by atoms with Gasteiger partial charge in [-0.15, -0.1) is 0 Å². The molecule has 1 fully saturated rings. The number of amides is 1. The summed E-state index contributed by atoms with van der Waals surface area (Å²) in [5.41, 5.74) is 1.09. The molecule has 2 rings (SSSR count). The average Bonchev–Trinajstić information content (AvgIpc) is 2.54. The normalized spacial score (nSPS) is 19.9. The van der Waals surface area contributed by atoms with E-state index < -0.39 is 0 Å². The lowest BCUT2D eigenvalue weighted by molar-refractivity contribution is -0.129. The van der Waals surface area contributed by atoms with E-state index >= 15 is 0 Å². The van der Waals surface area contributed by atoms with Crippen molar-refractivity contribution in [2.24, 2.45) is 5.41 Å². The molecule has 1 N–H and O–H groups in total. The Morgan fingerprint density at radius 1 is 1.27 bits per heavy atom. The Morgan fingerprint density at radius 2 is 2.00 bits per heavy atom. The lowest BCUT2D eigenvalue weighted by Gasteiger charge is -2.36. The van der Waals surface area contributed by atoms with Crippen LogP contribution < -0.4 is 5.32 Å². The fraction of sp³-hybridized carbons (Fsp3) is 0.632. The molecule has 0 saturated carbocycles. The molecule has 22 heavy (non-hydrogen) atoms. The van der Waals surface area contributed by atoms with Crippen molar-refractivity contribution >= 4 is 5.91 Å². The summed E-state index contributed by atoms with van der Waals surface area (Å²) in [6.07, 6.45) is 4.58. The first kappa shape index (κ1) is 17.0. The highest BCUT2D eigenvalue weighted by atomic mass is 16.2. The smallest absolute Gasteiger partial charge is 0.225 e. The fourth-order valence-electron chi connectivity index (χ4n) is 2.93. The van der Waals surface area contributed by atoms with Crippen LogP contribution in [-0.4, -0.2) is 29.9 Å². The number of nitrogens with zero attached hydrogens (tertiary/aromatic N) is 1. The largest absolute Gasteiger partial charge is 0.354 e. The second kappa shape index (κ2) is 7.77. The molecule has 0 aliphatic carbocycles. The third-order valence-electron chi connectivity index (χ3n) is 4.97. The van der Waals surface area contributed by atoms with Crippen molar-refractivity contribution in [1.29, 1.82) is 0 Å². The zero-order chi connectivity index (χ0) is 16.0. The van der Waals surface area contributed by atoms with E-state index in [1.807, 2.05) is 13.8 Å². The van der Waals surface area contributed by atoms with Crippen molar-refractivity contribution in [3.63, 3.8) is 0 Å². The predicted octanol–water partition coefficient (Wildman–Crippen LogP) is 3.59. The second-order valence-corrected chi connectivity index (χ2v) is 7.05. The highest BCUT2D eigenvalue weighted by molar-refractivity contribution is 5.81. The van der Waals surface area contributed by atoms with Gasteiger partial charge in [0, 0.05) is 24.5 Å². The van der Waals surface area contributed by atoms with Gasteiger partial charge in [-0.1, -0.05) is 57.5 Å². The Balaban J connectivity index is 1.91. The summed E-state index contributed by atoms with van der Waals surface area (Å²) in [4.78, 5) is 14.8. The van der Waals surface area contributed by atoms with Crippen LogP contribution >= 0.6 is 0 Å². The van der Waals surface area contributed by atoms with Crippen LogP contribution in [-0.2, 0) is 11.3 Å². The van der Waals surface area contributed by atoms with E-state index in [0.29, 0.717) is 6.04 Å². The number of carbonyl (C=O) groups is 1. The van der Waals surface area contributed by atoms with Gasteiger partial charge in [-0.05, 0) is 31.4 Å². The molecule has 1 aliphatic heterocycles. The Bertz CT molecular complexity index is 470. The van der Waals surface area contributed by atoms with Crippen molar-refractivity contribution < 1.29 is 4.79 Å². The number of hydrogen-bond acceptors (Lipinski definition) is 2. The molecular formula is C19H30N2O. The first-order chi connectivity index (χ1) is 10.5. The van der Waals surface area contributed by atoms with Crippen LogP contribution in [0.4, 0.5) is 0 Å². The predicted molar refractivity (Wildman–Crippen MR) is 91.6 cm³/mol. The molecule has 0 radical (unpaired) electrons. The quantitative estimate of drug-likeness (QED) is 0.871. The maximum atomic E-state index is 12.3. The SMILES string of the molecule is CCC(C)(C)C(=O)NCC1CCCCN1Cc1ccccc1. The van der Waals surface area contributed by atoms with Gasteiger partial charge in [-0.25, -0.2) is 0 Å². The molecule has 3 heteroatoms. The standard InChI is InChI=1S/C19H30N2O/c1-4-19(2,3)18(22)20-14-17-12-8-9-13-21(17)15-16-10-6-5-7-11-16/h5-7,10-11,17H,4,8-9,12-15H2,1-3H3,(H,20,22). The maximum absolute atomic E-state index is 12.3. The minimum Gasteiger partial charge on any atom is -0.354 e. The molecule has 0 spiro atoms. The minimum absolute atomic E-state index is 0.181. The van der Waals surface area contributed by atoms with Gasteiger partial charge in [0.25, 0.3) is 0 Å². The van der Waals surface area contributed by atoms with Crippen molar-refractivity contribution in [1.82, 2.24) is 10.2 Å². The van der Waals surface area contributed by atoms with Crippen molar-refractivity contribution in [2.75, 3.05) is 13.1 Å². The Hall–Kier alpha value is -1.35. The molecule has 1 aromatic rings. The summed E-state index contributed by atoms with van der Waals surface area (Å²) >= 11 is 0. The van der Waals surface area contributed by atoms with E-state index in [4.69, 9.17) is 0 Å². The number of likely N-dealkylation sites (tertiary alicyclic amines) is 1. The van der Waals surface area contributed by atoms with Gasteiger partial charge in [-0.2, -0.15) is 0 Å². The summed E-state index contributed by atoms with van der Waals surface area (Å²) in [6.45, 7) is 9.00. The summed E-state index contributed by atoms with van der Waals surface area (Å²) in [5.74, 6) is 0.181. The van der Waals surface area contributed by atoms with Crippen molar-refractivity contribution in [3.8, 4) is 0 Å². The van der Waals surface area contributed by atoms with Gasteiger partial charge in [0.05, 0.1) is 0 Å². The molecule has 1 heterocycles. The van der Waals surface area contributed by atoms with Crippen LogP contribution in [0.2, 0.25) is 0 Å². The van der Waals surface area contributed by atoms with Crippen LogP contribution in [0.3, 0.4) is 0 Å². The van der Waals surface area contributed by atoms with Crippen molar-refractivity contribution in [2.45, 2.75) is 59.0 Å². The van der Waals surface area contributed by atoms with Gasteiger partial charge >= 0.3 is 0 Å². The molecular weight excluding hydrogens is 272 g/mol. The number of nitrogens with one attached hydrogen (secondary N) is 1. The van der Waals surface area contributed by atoms with E-state index in [9.17, 15) is 4.79 Å². The van der Waals surface area contributed by atoms with Crippen LogP contribution in [0.5, 0.6) is 0 Å². The molecule has 1 atom stereocenters. The van der Waals surface area contributed by atoms with E-state index in [1.165, 1.54) is 24.8 Å². The molecule has 1 unspecified atom stereocenters. The minimum atomic E-state index is -0.265. The average molecular weight is 302 g/mol. The third-order valence-corrected chi connectivity index (χ3v) is 4.97. The zero-order valence-corrected chi connectivity index (χ0v) is 14.3. The lowest BCUT2D eigenvalue weighted by atomic mass is 9.89. The fourth-order valence-corrected chi connectivity index (χ4v) is 2.93. The Kier molecular flexibility index (Phi) is 6.01. The molecule has 0 aromatic heterocycles. The van der Waals surface area contributed by atoms with Crippen LogP contribution in [0.15, 0.2) is 30.3 Å². The topological polar surface area (TPSA) is 32.3 Å². The van der Waals surface area contributed by atoms with E-state index in [2.05, 4.69) is 47.5 Å². The number of rotatable bonds is 6. The number of benzene rings is 1. The summed E-state index contributed by atoms with van der Waals surface area (Å²) in [6, 6.07) is 11.1. The summed E-state index contributed by atoms with van der Waals surface area (Å²) in [7, 11) is 0. The van der Waals surface area contributed by atoms with E-state index in [1.54, 1.807) is 0 Å². The zero-order valence-electron chi connectivity index (χ0n) is 14.3. The molecule has 1 aliphatic rings. The van der Waals surface area contributed by atoms with Gasteiger partial charge in [-0.3, -0.25) is 9.69 Å². The number of hydrogen-bond donors (Lipinski definition) is 1. The molecule has 1 saturated heterocycles. The molecule has 1 amide bonds. The van der Waals surface area contributed by atoms with Gasteiger partial charge in [0.15, 0.2) is 0 Å². The Morgan fingerprint density at radius 3 is 2.68 bits per heavy atom. The number of carbonyl (C=O) groups excluding carboxylic acids is 1. The maximum Gasteiger partial charge on any atom is 0.225 e. The van der Waals surface area contributed by atoms with Gasteiger partial charge in [0.2, 0.25) is 5.91 Å². The highest BCUT2D eigenvalue weighted by Crippen LogP contribution is 2.22. The monoisotopic (exact) mass is 302 g/mol. The van der Waals surface area contributed by atoms with E-state index in [-0.39, 0.29) is 11.3 Å². The summed E-state index contributed by atoms with van der Waals surface area (Å²) < 4.78 is 0.